The van der Waals surface area contributed by atoms with Crippen LogP contribution in [0, 0.1) is 5.92 Å². The molecule has 1 heterocycles. The highest BCUT2D eigenvalue weighted by Gasteiger charge is 2.33. The van der Waals surface area contributed by atoms with Gasteiger partial charge < -0.3 is 10.1 Å². The van der Waals surface area contributed by atoms with Crippen LogP contribution in [-0.4, -0.2) is 47.2 Å². The first kappa shape index (κ1) is 23.2. The summed E-state index contributed by atoms with van der Waals surface area (Å²) in [6, 6.07) is 12.0. The molecular formula is C20H25N3O6S2. The predicted molar refractivity (Wildman–Crippen MR) is 114 cm³/mol. The second-order valence-corrected chi connectivity index (χ2v) is 10.8. The monoisotopic (exact) mass is 467 g/mol. The number of benzene rings is 2. The second kappa shape index (κ2) is 9.35. The Bertz CT molecular complexity index is 1130. The van der Waals surface area contributed by atoms with Crippen molar-refractivity contribution in [3.05, 3.63) is 54.1 Å². The summed E-state index contributed by atoms with van der Waals surface area (Å²) in [6.45, 7) is 0.656. The molecule has 0 spiro atoms. The number of amides is 1. The standard InChI is InChI=1S/C20H25N3O6S2/c1-29-17-6-10-19(11-7-17)31(27,28)23-12-2-3-16(14-23)20(24)22-13-15-4-8-18(9-5-15)30(21,25)26/h4-11,16H,2-3,12-14H2,1H3,(H,22,24)(H2,21,25,26)/t16-/m0/s1. The van der Waals surface area contributed by atoms with E-state index in [1.54, 1.807) is 24.3 Å². The van der Waals surface area contributed by atoms with Gasteiger partial charge in [-0.1, -0.05) is 12.1 Å². The fourth-order valence-corrected chi connectivity index (χ4v) is 5.44. The molecule has 0 saturated carbocycles. The van der Waals surface area contributed by atoms with Gasteiger partial charge in [-0.05, 0) is 54.8 Å². The molecule has 0 unspecified atom stereocenters. The van der Waals surface area contributed by atoms with E-state index in [9.17, 15) is 21.6 Å². The molecule has 168 valence electrons. The smallest absolute Gasteiger partial charge is 0.243 e. The minimum Gasteiger partial charge on any atom is -0.497 e. The lowest BCUT2D eigenvalue weighted by Crippen LogP contribution is -2.45. The van der Waals surface area contributed by atoms with Crippen LogP contribution in [0.15, 0.2) is 58.3 Å². The average molecular weight is 468 g/mol. The molecule has 9 nitrogen and oxygen atoms in total. The summed E-state index contributed by atoms with van der Waals surface area (Å²) in [4.78, 5) is 12.8. The Balaban J connectivity index is 1.62. The largest absolute Gasteiger partial charge is 0.497 e. The molecule has 2 aromatic carbocycles. The fraction of sp³-hybridized carbons (Fsp3) is 0.350. The minimum absolute atomic E-state index is 0.00534. The van der Waals surface area contributed by atoms with Crippen molar-refractivity contribution in [2.75, 3.05) is 20.2 Å². The Morgan fingerprint density at radius 1 is 1.06 bits per heavy atom. The van der Waals surface area contributed by atoms with Crippen LogP contribution in [0.3, 0.4) is 0 Å². The maximum atomic E-state index is 12.9. The summed E-state index contributed by atoms with van der Waals surface area (Å²) < 4.78 is 54.9. The summed E-state index contributed by atoms with van der Waals surface area (Å²) in [6.07, 6.45) is 1.17. The lowest BCUT2D eigenvalue weighted by Gasteiger charge is -2.31. The summed E-state index contributed by atoms with van der Waals surface area (Å²) in [5.41, 5.74) is 0.708. The van der Waals surface area contributed by atoms with Crippen LogP contribution in [0.5, 0.6) is 5.75 Å². The number of rotatable bonds is 7. The molecular weight excluding hydrogens is 442 g/mol. The van der Waals surface area contributed by atoms with Gasteiger partial charge in [-0.25, -0.2) is 22.0 Å². The van der Waals surface area contributed by atoms with Crippen molar-refractivity contribution < 1.29 is 26.4 Å². The Hall–Kier alpha value is -2.47. The van der Waals surface area contributed by atoms with E-state index < -0.39 is 26.0 Å². The molecule has 0 bridgehead atoms. The van der Waals surface area contributed by atoms with Crippen LogP contribution in [0.4, 0.5) is 0 Å². The third kappa shape index (κ3) is 5.62. The highest BCUT2D eigenvalue weighted by molar-refractivity contribution is 7.89. The first-order valence-corrected chi connectivity index (χ1v) is 12.6. The number of hydrogen-bond donors (Lipinski definition) is 2. The number of nitrogens with two attached hydrogens (primary N) is 1. The molecule has 1 fully saturated rings. The van der Waals surface area contributed by atoms with Gasteiger partial charge in [0.05, 0.1) is 22.8 Å². The third-order valence-electron chi connectivity index (χ3n) is 5.17. The number of hydrogen-bond acceptors (Lipinski definition) is 6. The number of nitrogens with zero attached hydrogens (tertiary/aromatic N) is 1. The number of primary sulfonamides is 1. The molecule has 0 radical (unpaired) electrons. The molecule has 2 aromatic rings. The number of carbonyl (C=O) groups excluding carboxylic acids is 1. The van der Waals surface area contributed by atoms with Crippen LogP contribution in [0.1, 0.15) is 18.4 Å². The van der Waals surface area contributed by atoms with Crippen LogP contribution in [-0.2, 0) is 31.4 Å². The lowest BCUT2D eigenvalue weighted by molar-refractivity contribution is -0.126. The molecule has 0 aliphatic carbocycles. The van der Waals surface area contributed by atoms with Gasteiger partial charge in [0.15, 0.2) is 0 Å². The highest BCUT2D eigenvalue weighted by Crippen LogP contribution is 2.25. The normalized spacial score (nSPS) is 17.8. The topological polar surface area (TPSA) is 136 Å². The van der Waals surface area contributed by atoms with Crippen molar-refractivity contribution in [2.45, 2.75) is 29.2 Å². The van der Waals surface area contributed by atoms with Gasteiger partial charge >= 0.3 is 0 Å². The molecule has 1 aliphatic heterocycles. The molecule has 0 aromatic heterocycles. The van der Waals surface area contributed by atoms with E-state index >= 15 is 0 Å². The summed E-state index contributed by atoms with van der Waals surface area (Å²) >= 11 is 0. The molecule has 1 aliphatic rings. The number of piperidine rings is 1. The maximum Gasteiger partial charge on any atom is 0.243 e. The first-order chi connectivity index (χ1) is 14.6. The van der Waals surface area contributed by atoms with Crippen LogP contribution < -0.4 is 15.2 Å². The Morgan fingerprint density at radius 2 is 1.68 bits per heavy atom. The van der Waals surface area contributed by atoms with E-state index in [1.165, 1.54) is 35.7 Å². The van der Waals surface area contributed by atoms with Gasteiger partial charge in [-0.2, -0.15) is 4.31 Å². The maximum absolute atomic E-state index is 12.9. The number of nitrogens with one attached hydrogen (secondary N) is 1. The van der Waals surface area contributed by atoms with E-state index in [2.05, 4.69) is 5.32 Å². The van der Waals surface area contributed by atoms with E-state index in [0.29, 0.717) is 30.7 Å². The molecule has 11 heteroatoms. The van der Waals surface area contributed by atoms with E-state index in [-0.39, 0.29) is 28.8 Å². The van der Waals surface area contributed by atoms with Gasteiger partial charge in [-0.15, -0.1) is 0 Å². The summed E-state index contributed by atoms with van der Waals surface area (Å²) in [5, 5.41) is 7.87. The van der Waals surface area contributed by atoms with Crippen molar-refractivity contribution >= 4 is 26.0 Å². The zero-order valence-corrected chi connectivity index (χ0v) is 18.7. The first-order valence-electron chi connectivity index (χ1n) is 9.65. The Morgan fingerprint density at radius 3 is 2.26 bits per heavy atom. The molecule has 3 N–H and O–H groups in total. The summed E-state index contributed by atoms with van der Waals surface area (Å²) in [7, 11) is -5.98. The molecule has 3 rings (SSSR count). The number of sulfonamides is 2. The van der Waals surface area contributed by atoms with Crippen molar-refractivity contribution in [3.8, 4) is 5.75 Å². The zero-order valence-electron chi connectivity index (χ0n) is 17.0. The lowest BCUT2D eigenvalue weighted by atomic mass is 9.99. The SMILES string of the molecule is COc1ccc(S(=O)(=O)N2CCC[C@H](C(=O)NCc3ccc(S(N)(=O)=O)cc3)C2)cc1. The van der Waals surface area contributed by atoms with Gasteiger partial charge in [0.2, 0.25) is 26.0 Å². The molecule has 1 saturated heterocycles. The fourth-order valence-electron chi connectivity index (χ4n) is 3.40. The number of methoxy groups -OCH3 is 1. The number of ether oxygens (including phenoxy) is 1. The van der Waals surface area contributed by atoms with Gasteiger partial charge in [0.25, 0.3) is 0 Å². The van der Waals surface area contributed by atoms with Gasteiger partial charge in [-0.3, -0.25) is 4.79 Å². The predicted octanol–water partition coefficient (Wildman–Crippen LogP) is 1.06. The summed E-state index contributed by atoms with van der Waals surface area (Å²) in [5.74, 6) is -0.150. The van der Waals surface area contributed by atoms with Gasteiger partial charge in [0.1, 0.15) is 5.75 Å². The quantitative estimate of drug-likeness (QED) is 0.625. The van der Waals surface area contributed by atoms with Crippen LogP contribution in [0.25, 0.3) is 0 Å². The number of carbonyl (C=O) groups is 1. The highest BCUT2D eigenvalue weighted by atomic mass is 32.2. The van der Waals surface area contributed by atoms with Crippen molar-refractivity contribution in [1.29, 1.82) is 0 Å². The van der Waals surface area contributed by atoms with Crippen molar-refractivity contribution in [1.82, 2.24) is 9.62 Å². The van der Waals surface area contributed by atoms with Crippen LogP contribution in [0.2, 0.25) is 0 Å². The second-order valence-electron chi connectivity index (χ2n) is 7.28. The van der Waals surface area contributed by atoms with E-state index in [0.717, 1.165) is 0 Å². The minimum atomic E-state index is -3.77. The zero-order chi connectivity index (χ0) is 22.6. The Kier molecular flexibility index (Phi) is 6.99. The molecule has 1 atom stereocenters. The van der Waals surface area contributed by atoms with E-state index in [4.69, 9.17) is 9.88 Å². The molecule has 31 heavy (non-hydrogen) atoms. The molecule has 1 amide bonds. The van der Waals surface area contributed by atoms with Crippen molar-refractivity contribution in [3.63, 3.8) is 0 Å². The third-order valence-corrected chi connectivity index (χ3v) is 7.98. The van der Waals surface area contributed by atoms with Crippen LogP contribution >= 0.6 is 0 Å². The average Bonchev–Trinajstić information content (AvgIpc) is 2.77. The Labute approximate surface area is 182 Å². The van der Waals surface area contributed by atoms with E-state index in [1.807, 2.05) is 0 Å². The van der Waals surface area contributed by atoms with Crippen molar-refractivity contribution in [2.24, 2.45) is 11.1 Å². The van der Waals surface area contributed by atoms with Gasteiger partial charge in [0, 0.05) is 19.6 Å².